The quantitative estimate of drug-likeness (QED) is 0.657. The van der Waals surface area contributed by atoms with Gasteiger partial charge in [-0.25, -0.2) is 0 Å². The molecule has 4 rings (SSSR count). The number of ether oxygens (including phenoxy) is 1. The third kappa shape index (κ3) is 1.53. The molecule has 4 bridgehead atoms. The van der Waals surface area contributed by atoms with Gasteiger partial charge >= 0.3 is 0 Å². The number of halogens is 1. The van der Waals surface area contributed by atoms with E-state index in [-0.39, 0.29) is 0 Å². The van der Waals surface area contributed by atoms with E-state index in [1.54, 1.807) is 7.11 Å². The highest BCUT2D eigenvalue weighted by atomic mass is 35.5. The lowest BCUT2D eigenvalue weighted by Crippen LogP contribution is -2.43. The van der Waals surface area contributed by atoms with E-state index in [9.17, 15) is 0 Å². The van der Waals surface area contributed by atoms with E-state index in [1.807, 2.05) is 0 Å². The molecule has 0 aromatic heterocycles. The largest absolute Gasteiger partial charge is 0.484 e. The molecule has 0 amide bonds. The Morgan fingerprint density at radius 3 is 2.84 bits per heavy atom. The first-order valence-corrected chi connectivity index (χ1v) is 8.04. The number of aliphatic imine (C=N–C) groups is 1. The summed E-state index contributed by atoms with van der Waals surface area (Å²) in [7, 11) is 1.79. The third-order valence-electron chi connectivity index (χ3n) is 6.15. The van der Waals surface area contributed by atoms with Crippen molar-refractivity contribution in [2.45, 2.75) is 45.1 Å². The van der Waals surface area contributed by atoms with Gasteiger partial charge in [0.05, 0.1) is 13.2 Å². The molecule has 0 N–H and O–H groups in total. The topological polar surface area (TPSA) is 21.6 Å². The number of methoxy groups -OCH3 is 1. The molecule has 4 unspecified atom stereocenters. The Kier molecular flexibility index (Phi) is 2.58. The van der Waals surface area contributed by atoms with Crippen LogP contribution in [0.2, 0.25) is 0 Å². The van der Waals surface area contributed by atoms with Gasteiger partial charge < -0.3 is 4.74 Å². The normalized spacial score (nSPS) is 46.2. The summed E-state index contributed by atoms with van der Waals surface area (Å²) in [6.07, 6.45) is 8.81. The van der Waals surface area contributed by atoms with Gasteiger partial charge in [0.1, 0.15) is 0 Å². The van der Waals surface area contributed by atoms with Crippen molar-refractivity contribution in [3.05, 3.63) is 11.1 Å². The second-order valence-corrected chi connectivity index (χ2v) is 7.34. The molecule has 0 aromatic rings. The van der Waals surface area contributed by atoms with Crippen molar-refractivity contribution in [1.82, 2.24) is 0 Å². The lowest BCUT2D eigenvalue weighted by atomic mass is 9.60. The SMILES string of the molecule is COC1=NC2CCCC1C1[C@H](C)C(Cl)=CC2C12CC2. The summed E-state index contributed by atoms with van der Waals surface area (Å²) in [6.45, 7) is 2.31. The molecular formula is C16H22ClNO. The van der Waals surface area contributed by atoms with Crippen molar-refractivity contribution in [2.24, 2.45) is 34.1 Å². The molecule has 4 aliphatic rings. The lowest BCUT2D eigenvalue weighted by Gasteiger charge is -2.45. The zero-order chi connectivity index (χ0) is 13.2. The number of nitrogens with zero attached hydrogens (tertiary/aromatic N) is 1. The Hall–Kier alpha value is -0.500. The average Bonchev–Trinajstić information content (AvgIpc) is 3.19. The minimum Gasteiger partial charge on any atom is -0.484 e. The first kappa shape index (κ1) is 12.3. The van der Waals surface area contributed by atoms with Crippen molar-refractivity contribution in [3.63, 3.8) is 0 Å². The van der Waals surface area contributed by atoms with Gasteiger partial charge in [-0.15, -0.1) is 0 Å². The number of hydrogen-bond acceptors (Lipinski definition) is 2. The van der Waals surface area contributed by atoms with E-state index in [0.717, 1.165) is 10.9 Å². The lowest BCUT2D eigenvalue weighted by molar-refractivity contribution is 0.102. The zero-order valence-corrected chi connectivity index (χ0v) is 12.5. The fourth-order valence-corrected chi connectivity index (χ4v) is 5.50. The van der Waals surface area contributed by atoms with Crippen LogP contribution in [0.25, 0.3) is 0 Å². The number of allylic oxidation sites excluding steroid dienone is 1. The number of rotatable bonds is 0. The fourth-order valence-electron chi connectivity index (χ4n) is 5.23. The molecule has 5 atom stereocenters. The molecule has 0 aromatic carbocycles. The van der Waals surface area contributed by atoms with Crippen molar-refractivity contribution in [2.75, 3.05) is 7.11 Å². The average molecular weight is 280 g/mol. The first-order valence-electron chi connectivity index (χ1n) is 7.66. The van der Waals surface area contributed by atoms with Gasteiger partial charge in [0.25, 0.3) is 0 Å². The van der Waals surface area contributed by atoms with E-state index in [2.05, 4.69) is 13.0 Å². The molecule has 19 heavy (non-hydrogen) atoms. The fraction of sp³-hybridized carbons (Fsp3) is 0.812. The van der Waals surface area contributed by atoms with Crippen LogP contribution in [0.4, 0.5) is 0 Å². The van der Waals surface area contributed by atoms with Crippen LogP contribution in [0.15, 0.2) is 16.1 Å². The Balaban J connectivity index is 1.89. The van der Waals surface area contributed by atoms with Crippen LogP contribution in [-0.2, 0) is 4.74 Å². The predicted octanol–water partition coefficient (Wildman–Crippen LogP) is 4.00. The van der Waals surface area contributed by atoms with Crippen molar-refractivity contribution < 1.29 is 4.74 Å². The van der Waals surface area contributed by atoms with Crippen LogP contribution < -0.4 is 0 Å². The molecular weight excluding hydrogens is 258 g/mol. The van der Waals surface area contributed by atoms with Crippen LogP contribution in [-0.4, -0.2) is 19.0 Å². The van der Waals surface area contributed by atoms with Gasteiger partial charge in [-0.05, 0) is 42.9 Å². The maximum absolute atomic E-state index is 6.57. The molecule has 0 radical (unpaired) electrons. The Morgan fingerprint density at radius 2 is 2.16 bits per heavy atom. The minimum absolute atomic E-state index is 0.411. The van der Waals surface area contributed by atoms with E-state index >= 15 is 0 Å². The van der Waals surface area contributed by atoms with E-state index < -0.39 is 0 Å². The summed E-state index contributed by atoms with van der Waals surface area (Å²) >= 11 is 6.57. The summed E-state index contributed by atoms with van der Waals surface area (Å²) < 4.78 is 5.68. The second kappa shape index (κ2) is 4.00. The van der Waals surface area contributed by atoms with Crippen LogP contribution >= 0.6 is 11.6 Å². The van der Waals surface area contributed by atoms with Crippen LogP contribution in [0.5, 0.6) is 0 Å². The van der Waals surface area contributed by atoms with Gasteiger partial charge in [-0.2, -0.15) is 0 Å². The Labute approximate surface area is 120 Å². The van der Waals surface area contributed by atoms with Crippen LogP contribution in [0.3, 0.4) is 0 Å². The summed E-state index contributed by atoms with van der Waals surface area (Å²) in [4.78, 5) is 4.99. The molecule has 2 nitrogen and oxygen atoms in total. The standard InChI is InChI=1S/C16H22ClNO/c1-9-12(17)8-11-13-5-3-4-10(15(18-13)19-2)14(9)16(11)6-7-16/h8-11,13-14H,3-7H2,1-2H3/t9-,10?,11?,13?,14?/m1/s1. The van der Waals surface area contributed by atoms with Gasteiger partial charge in [0.15, 0.2) is 5.90 Å². The molecule has 104 valence electrons. The third-order valence-corrected chi connectivity index (χ3v) is 6.62. The van der Waals surface area contributed by atoms with Crippen LogP contribution in [0.1, 0.15) is 39.0 Å². The molecule has 1 spiro atoms. The Morgan fingerprint density at radius 1 is 1.37 bits per heavy atom. The van der Waals surface area contributed by atoms with E-state index in [1.165, 1.54) is 32.1 Å². The molecule has 1 fully saturated rings. The molecule has 0 saturated heterocycles. The van der Waals surface area contributed by atoms with Gasteiger partial charge in [-0.3, -0.25) is 4.99 Å². The smallest absolute Gasteiger partial charge is 0.186 e. The summed E-state index contributed by atoms with van der Waals surface area (Å²) in [5.41, 5.74) is 0.497. The zero-order valence-electron chi connectivity index (χ0n) is 11.7. The Bertz CT molecular complexity index is 465. The van der Waals surface area contributed by atoms with E-state index in [0.29, 0.717) is 35.1 Å². The number of fused-ring (bicyclic) bond motifs is 4. The van der Waals surface area contributed by atoms with Gasteiger partial charge in [0, 0.05) is 16.9 Å². The molecule has 3 heteroatoms. The molecule has 2 aliphatic carbocycles. The van der Waals surface area contributed by atoms with E-state index in [4.69, 9.17) is 21.3 Å². The van der Waals surface area contributed by atoms with Crippen molar-refractivity contribution in [1.29, 1.82) is 0 Å². The monoisotopic (exact) mass is 279 g/mol. The highest BCUT2D eigenvalue weighted by molar-refractivity contribution is 6.30. The highest BCUT2D eigenvalue weighted by Gasteiger charge is 2.64. The van der Waals surface area contributed by atoms with Crippen molar-refractivity contribution in [3.8, 4) is 0 Å². The van der Waals surface area contributed by atoms with Gasteiger partial charge in [0.2, 0.25) is 0 Å². The summed E-state index contributed by atoms with van der Waals surface area (Å²) in [5, 5.41) is 1.08. The molecule has 2 aliphatic heterocycles. The molecule has 2 heterocycles. The molecule has 1 saturated carbocycles. The highest BCUT2D eigenvalue weighted by Crippen LogP contribution is 2.69. The summed E-state index contributed by atoms with van der Waals surface area (Å²) in [5.74, 6) is 3.21. The summed E-state index contributed by atoms with van der Waals surface area (Å²) in [6, 6.07) is 0.411. The number of hydrogen-bond donors (Lipinski definition) is 0. The van der Waals surface area contributed by atoms with Crippen LogP contribution in [0, 0.1) is 29.1 Å². The second-order valence-electron chi connectivity index (χ2n) is 6.90. The maximum Gasteiger partial charge on any atom is 0.186 e. The van der Waals surface area contributed by atoms with Gasteiger partial charge in [-0.1, -0.05) is 31.0 Å². The first-order chi connectivity index (χ1) is 9.17. The van der Waals surface area contributed by atoms with Crippen molar-refractivity contribution >= 4 is 17.5 Å². The predicted molar refractivity (Wildman–Crippen MR) is 77.3 cm³/mol. The maximum atomic E-state index is 6.57. The minimum atomic E-state index is 0.411.